The number of hydrogen-bond donors (Lipinski definition) is 1. The van der Waals surface area contributed by atoms with Crippen molar-refractivity contribution in [3.8, 4) is 5.75 Å². The molecule has 0 atom stereocenters. The van der Waals surface area contributed by atoms with Gasteiger partial charge in [-0.2, -0.15) is 0 Å². The Kier molecular flexibility index (Phi) is 4.66. The molecule has 0 radical (unpaired) electrons. The van der Waals surface area contributed by atoms with Crippen LogP contribution in [-0.4, -0.2) is 25.6 Å². The van der Waals surface area contributed by atoms with E-state index < -0.39 is 5.97 Å². The molecule has 3 rings (SSSR count). The van der Waals surface area contributed by atoms with E-state index in [1.807, 2.05) is 24.3 Å². The zero-order valence-corrected chi connectivity index (χ0v) is 13.7. The lowest BCUT2D eigenvalue weighted by atomic mass is 10.0. The number of methoxy groups -OCH3 is 1. The van der Waals surface area contributed by atoms with Crippen LogP contribution in [0.1, 0.15) is 21.5 Å². The summed E-state index contributed by atoms with van der Waals surface area (Å²) >= 11 is 0. The van der Waals surface area contributed by atoms with E-state index in [-0.39, 0.29) is 5.91 Å². The zero-order chi connectivity index (χ0) is 17.8. The van der Waals surface area contributed by atoms with Gasteiger partial charge in [-0.25, -0.2) is 4.79 Å². The van der Waals surface area contributed by atoms with E-state index in [0.29, 0.717) is 29.2 Å². The highest BCUT2D eigenvalue weighted by molar-refractivity contribution is 6.35. The topological polar surface area (TPSA) is 64.6 Å². The van der Waals surface area contributed by atoms with Crippen LogP contribution in [-0.2, 0) is 9.53 Å². The van der Waals surface area contributed by atoms with Crippen molar-refractivity contribution in [1.29, 1.82) is 0 Å². The lowest BCUT2D eigenvalue weighted by Gasteiger charge is -2.07. The van der Waals surface area contributed by atoms with E-state index in [1.165, 1.54) is 7.11 Å². The van der Waals surface area contributed by atoms with Gasteiger partial charge in [0.1, 0.15) is 12.4 Å². The van der Waals surface area contributed by atoms with Crippen LogP contribution in [0.2, 0.25) is 0 Å². The third kappa shape index (κ3) is 3.30. The molecule has 0 saturated carbocycles. The van der Waals surface area contributed by atoms with Gasteiger partial charge in [0, 0.05) is 22.4 Å². The van der Waals surface area contributed by atoms with Crippen LogP contribution in [0.4, 0.5) is 5.69 Å². The molecule has 0 aromatic heterocycles. The number of anilines is 1. The maximum Gasteiger partial charge on any atom is 0.337 e. The summed E-state index contributed by atoms with van der Waals surface area (Å²) in [6.07, 6.45) is 3.44. The number of nitrogens with one attached hydrogen (secondary N) is 1. The first-order chi connectivity index (χ1) is 12.1. The summed E-state index contributed by atoms with van der Waals surface area (Å²) in [5.41, 5.74) is 3.01. The number of esters is 1. The van der Waals surface area contributed by atoms with Gasteiger partial charge >= 0.3 is 5.97 Å². The Morgan fingerprint density at radius 2 is 2.04 bits per heavy atom. The standard InChI is InChI=1S/C20H17NO4/c1-3-10-25-18-7-5-4-6-13(18)11-16-15-9-8-14(20(23)24-2)12-17(15)21-19(16)22/h3-9,11-12H,1,10H2,2H3,(H,21,22)/b16-11-. The summed E-state index contributed by atoms with van der Waals surface area (Å²) in [6, 6.07) is 12.4. The first-order valence-electron chi connectivity index (χ1n) is 7.72. The fraction of sp³-hybridized carbons (Fsp3) is 0.100. The van der Waals surface area contributed by atoms with E-state index in [0.717, 1.165) is 11.1 Å². The van der Waals surface area contributed by atoms with Crippen LogP contribution < -0.4 is 10.1 Å². The number of para-hydroxylation sites is 1. The lowest BCUT2D eigenvalue weighted by Crippen LogP contribution is -2.04. The number of amides is 1. The average molecular weight is 335 g/mol. The van der Waals surface area contributed by atoms with Crippen molar-refractivity contribution in [2.45, 2.75) is 0 Å². The van der Waals surface area contributed by atoms with Gasteiger partial charge in [0.15, 0.2) is 0 Å². The van der Waals surface area contributed by atoms with Crippen LogP contribution >= 0.6 is 0 Å². The fourth-order valence-electron chi connectivity index (χ4n) is 2.62. The molecular weight excluding hydrogens is 318 g/mol. The van der Waals surface area contributed by atoms with E-state index in [1.54, 1.807) is 30.4 Å². The largest absolute Gasteiger partial charge is 0.489 e. The lowest BCUT2D eigenvalue weighted by molar-refractivity contribution is -0.110. The highest BCUT2D eigenvalue weighted by atomic mass is 16.5. The molecule has 0 bridgehead atoms. The van der Waals surface area contributed by atoms with Crippen LogP contribution in [0.15, 0.2) is 55.1 Å². The highest BCUT2D eigenvalue weighted by Crippen LogP contribution is 2.35. The Hall–Kier alpha value is -3.34. The molecule has 1 amide bonds. The number of carbonyl (C=O) groups is 2. The molecule has 1 heterocycles. The molecule has 0 unspecified atom stereocenters. The van der Waals surface area contributed by atoms with E-state index in [4.69, 9.17) is 9.47 Å². The molecule has 1 aliphatic rings. The van der Waals surface area contributed by atoms with Crippen molar-refractivity contribution in [3.05, 3.63) is 71.8 Å². The predicted octanol–water partition coefficient (Wildman–Crippen LogP) is 3.53. The van der Waals surface area contributed by atoms with Crippen molar-refractivity contribution < 1.29 is 19.1 Å². The average Bonchev–Trinajstić information content (AvgIpc) is 2.95. The van der Waals surface area contributed by atoms with Crippen molar-refractivity contribution >= 4 is 29.2 Å². The second kappa shape index (κ2) is 7.05. The molecule has 1 aliphatic heterocycles. The minimum absolute atomic E-state index is 0.226. The summed E-state index contributed by atoms with van der Waals surface area (Å²) in [4.78, 5) is 24.0. The monoisotopic (exact) mass is 335 g/mol. The maximum absolute atomic E-state index is 12.4. The Balaban J connectivity index is 2.00. The van der Waals surface area contributed by atoms with Gasteiger partial charge in [-0.05, 0) is 24.3 Å². The Labute approximate surface area is 145 Å². The number of ether oxygens (including phenoxy) is 2. The zero-order valence-electron chi connectivity index (χ0n) is 13.7. The van der Waals surface area contributed by atoms with Crippen LogP contribution in [0, 0.1) is 0 Å². The molecule has 0 saturated heterocycles. The maximum atomic E-state index is 12.4. The Morgan fingerprint density at radius 1 is 1.24 bits per heavy atom. The molecule has 1 N–H and O–H groups in total. The van der Waals surface area contributed by atoms with Gasteiger partial charge in [0.2, 0.25) is 0 Å². The van der Waals surface area contributed by atoms with E-state index >= 15 is 0 Å². The highest BCUT2D eigenvalue weighted by Gasteiger charge is 2.25. The molecule has 0 aliphatic carbocycles. The normalized spacial score (nSPS) is 14.0. The number of carbonyl (C=O) groups excluding carboxylic acids is 2. The van der Waals surface area contributed by atoms with Crippen LogP contribution in [0.25, 0.3) is 11.6 Å². The summed E-state index contributed by atoms with van der Waals surface area (Å²) in [7, 11) is 1.32. The molecular formula is C20H17NO4. The van der Waals surface area contributed by atoms with E-state index in [2.05, 4.69) is 11.9 Å². The first kappa shape index (κ1) is 16.5. The molecule has 25 heavy (non-hydrogen) atoms. The van der Waals surface area contributed by atoms with E-state index in [9.17, 15) is 9.59 Å². The quantitative estimate of drug-likeness (QED) is 0.516. The SMILES string of the molecule is C=CCOc1ccccc1/C=C1\C(=O)Nc2cc(C(=O)OC)ccc21. The predicted molar refractivity (Wildman–Crippen MR) is 96.4 cm³/mol. The number of benzene rings is 2. The fourth-order valence-corrected chi connectivity index (χ4v) is 2.62. The van der Waals surface area contributed by atoms with Gasteiger partial charge in [0.25, 0.3) is 5.91 Å². The summed E-state index contributed by atoms with van der Waals surface area (Å²) < 4.78 is 10.3. The van der Waals surface area contributed by atoms with Gasteiger partial charge in [-0.15, -0.1) is 0 Å². The third-order valence-corrected chi connectivity index (χ3v) is 3.80. The second-order valence-corrected chi connectivity index (χ2v) is 5.40. The van der Waals surface area contributed by atoms with Crippen molar-refractivity contribution in [2.24, 2.45) is 0 Å². The molecule has 5 heteroatoms. The number of rotatable bonds is 5. The Bertz CT molecular complexity index is 883. The number of fused-ring (bicyclic) bond motifs is 1. The molecule has 126 valence electrons. The molecule has 0 fully saturated rings. The van der Waals surface area contributed by atoms with Crippen molar-refractivity contribution in [1.82, 2.24) is 0 Å². The van der Waals surface area contributed by atoms with Crippen molar-refractivity contribution in [3.63, 3.8) is 0 Å². The molecule has 0 spiro atoms. The third-order valence-electron chi connectivity index (χ3n) is 3.80. The van der Waals surface area contributed by atoms with Gasteiger partial charge < -0.3 is 14.8 Å². The smallest absolute Gasteiger partial charge is 0.337 e. The second-order valence-electron chi connectivity index (χ2n) is 5.40. The van der Waals surface area contributed by atoms with Gasteiger partial charge in [-0.3, -0.25) is 4.79 Å². The molecule has 2 aromatic rings. The van der Waals surface area contributed by atoms with Crippen LogP contribution in [0.3, 0.4) is 0 Å². The van der Waals surface area contributed by atoms with Gasteiger partial charge in [-0.1, -0.05) is 36.9 Å². The Morgan fingerprint density at radius 3 is 2.80 bits per heavy atom. The summed E-state index contributed by atoms with van der Waals surface area (Å²) in [5, 5.41) is 2.78. The summed E-state index contributed by atoms with van der Waals surface area (Å²) in [5.74, 6) is -0.00415. The van der Waals surface area contributed by atoms with Crippen LogP contribution in [0.5, 0.6) is 5.75 Å². The number of hydrogen-bond acceptors (Lipinski definition) is 4. The minimum Gasteiger partial charge on any atom is -0.489 e. The molecule has 5 nitrogen and oxygen atoms in total. The van der Waals surface area contributed by atoms with Gasteiger partial charge in [0.05, 0.1) is 12.7 Å². The first-order valence-corrected chi connectivity index (χ1v) is 7.72. The van der Waals surface area contributed by atoms with Crippen molar-refractivity contribution in [2.75, 3.05) is 19.0 Å². The molecule has 2 aromatic carbocycles. The minimum atomic E-state index is -0.447. The summed E-state index contributed by atoms with van der Waals surface area (Å²) in [6.45, 7) is 4.02.